The van der Waals surface area contributed by atoms with Crippen molar-refractivity contribution in [3.63, 3.8) is 0 Å². The van der Waals surface area contributed by atoms with Crippen molar-refractivity contribution in [2.45, 2.75) is 25.3 Å². The van der Waals surface area contributed by atoms with Crippen LogP contribution in [0.25, 0.3) is 0 Å². The molecule has 2 rings (SSSR count). The normalized spacial score (nSPS) is 24.1. The number of nitrogens with zero attached hydrogens (tertiary/aromatic N) is 1. The summed E-state index contributed by atoms with van der Waals surface area (Å²) in [5.74, 6) is -0.197. The van der Waals surface area contributed by atoms with E-state index in [1.807, 2.05) is 0 Å². The van der Waals surface area contributed by atoms with Gasteiger partial charge < -0.3 is 5.32 Å². The molecule has 0 amide bonds. The maximum atomic E-state index is 13.0. The molecule has 0 aromatic heterocycles. The summed E-state index contributed by atoms with van der Waals surface area (Å²) >= 11 is 3.15. The first-order valence-electron chi connectivity index (χ1n) is 5.32. The smallest absolute Gasteiger partial charge is 0.137 e. The molecular formula is C12H12BrFN2. The van der Waals surface area contributed by atoms with Crippen LogP contribution < -0.4 is 5.32 Å². The predicted molar refractivity (Wildman–Crippen MR) is 64.5 cm³/mol. The Labute approximate surface area is 103 Å². The van der Waals surface area contributed by atoms with Crippen molar-refractivity contribution in [2.24, 2.45) is 5.92 Å². The van der Waals surface area contributed by atoms with Crippen molar-refractivity contribution in [2.75, 3.05) is 5.32 Å². The Kier molecular flexibility index (Phi) is 3.45. The van der Waals surface area contributed by atoms with Gasteiger partial charge in [0.2, 0.25) is 0 Å². The van der Waals surface area contributed by atoms with Gasteiger partial charge in [0.25, 0.3) is 0 Å². The molecule has 2 unspecified atom stereocenters. The Balaban J connectivity index is 2.09. The zero-order valence-electron chi connectivity index (χ0n) is 8.71. The SMILES string of the molecule is N#CC1CCCC1Nc1ccc(F)c(Br)c1. The third-order valence-electron chi connectivity index (χ3n) is 2.95. The van der Waals surface area contributed by atoms with Crippen molar-refractivity contribution < 1.29 is 4.39 Å². The third-order valence-corrected chi connectivity index (χ3v) is 3.56. The van der Waals surface area contributed by atoms with E-state index in [0.29, 0.717) is 4.47 Å². The van der Waals surface area contributed by atoms with Crippen molar-refractivity contribution in [1.82, 2.24) is 0 Å². The standard InChI is InChI=1S/C12H12BrFN2/c13-10-6-9(4-5-11(10)14)16-12-3-1-2-8(12)7-15/h4-6,8,12,16H,1-3H2. The summed E-state index contributed by atoms with van der Waals surface area (Å²) in [5, 5.41) is 12.2. The van der Waals surface area contributed by atoms with Gasteiger partial charge in [0.15, 0.2) is 0 Å². The molecule has 1 aromatic rings. The van der Waals surface area contributed by atoms with Gasteiger partial charge in [-0.3, -0.25) is 0 Å². The Morgan fingerprint density at radius 2 is 2.25 bits per heavy atom. The van der Waals surface area contributed by atoms with Gasteiger partial charge in [0, 0.05) is 11.7 Å². The number of anilines is 1. The Hall–Kier alpha value is -1.08. The van der Waals surface area contributed by atoms with Crippen molar-refractivity contribution >= 4 is 21.6 Å². The van der Waals surface area contributed by atoms with E-state index in [0.717, 1.165) is 24.9 Å². The number of rotatable bonds is 2. The van der Waals surface area contributed by atoms with Gasteiger partial charge in [-0.15, -0.1) is 0 Å². The molecule has 2 atom stereocenters. The quantitative estimate of drug-likeness (QED) is 0.898. The fourth-order valence-corrected chi connectivity index (χ4v) is 2.47. The minimum atomic E-state index is -0.270. The van der Waals surface area contributed by atoms with Crippen molar-refractivity contribution in [1.29, 1.82) is 5.26 Å². The van der Waals surface area contributed by atoms with Crippen LogP contribution in [-0.2, 0) is 0 Å². The Bertz CT molecular complexity index is 428. The zero-order valence-corrected chi connectivity index (χ0v) is 10.3. The lowest BCUT2D eigenvalue weighted by Gasteiger charge is -2.17. The van der Waals surface area contributed by atoms with Crippen LogP contribution in [0.1, 0.15) is 19.3 Å². The van der Waals surface area contributed by atoms with Gasteiger partial charge in [-0.2, -0.15) is 5.26 Å². The highest BCUT2D eigenvalue weighted by Crippen LogP contribution is 2.29. The molecule has 0 saturated heterocycles. The maximum absolute atomic E-state index is 13.0. The molecule has 4 heteroatoms. The number of nitriles is 1. The van der Waals surface area contributed by atoms with Crippen LogP contribution in [0.2, 0.25) is 0 Å². The molecule has 0 spiro atoms. The largest absolute Gasteiger partial charge is 0.381 e. The first kappa shape index (κ1) is 11.4. The highest BCUT2D eigenvalue weighted by molar-refractivity contribution is 9.10. The molecule has 1 fully saturated rings. The second-order valence-corrected chi connectivity index (χ2v) is 4.90. The molecule has 16 heavy (non-hydrogen) atoms. The summed E-state index contributed by atoms with van der Waals surface area (Å²) < 4.78 is 13.5. The van der Waals surface area contributed by atoms with Crippen LogP contribution >= 0.6 is 15.9 Å². The molecular weight excluding hydrogens is 271 g/mol. The topological polar surface area (TPSA) is 35.8 Å². The lowest BCUT2D eigenvalue weighted by molar-refractivity contribution is 0.617. The van der Waals surface area contributed by atoms with Gasteiger partial charge in [-0.25, -0.2) is 4.39 Å². The number of halogens is 2. The molecule has 84 valence electrons. The second kappa shape index (κ2) is 4.84. The van der Waals surface area contributed by atoms with E-state index in [9.17, 15) is 4.39 Å². The first-order valence-corrected chi connectivity index (χ1v) is 6.11. The Morgan fingerprint density at radius 1 is 1.44 bits per heavy atom. The molecule has 0 aliphatic heterocycles. The van der Waals surface area contributed by atoms with Crippen molar-refractivity contribution in [3.05, 3.63) is 28.5 Å². The molecule has 1 N–H and O–H groups in total. The average Bonchev–Trinajstić information content (AvgIpc) is 2.71. The maximum Gasteiger partial charge on any atom is 0.137 e. The average molecular weight is 283 g/mol. The highest BCUT2D eigenvalue weighted by Gasteiger charge is 2.26. The molecule has 0 radical (unpaired) electrons. The van der Waals surface area contributed by atoms with Crippen LogP contribution in [0, 0.1) is 23.1 Å². The van der Waals surface area contributed by atoms with Gasteiger partial charge >= 0.3 is 0 Å². The van der Waals surface area contributed by atoms with E-state index in [1.54, 1.807) is 12.1 Å². The first-order chi connectivity index (χ1) is 7.70. The summed E-state index contributed by atoms with van der Waals surface area (Å²) in [6.07, 6.45) is 3.04. The van der Waals surface area contributed by atoms with E-state index in [2.05, 4.69) is 27.3 Å². The summed E-state index contributed by atoms with van der Waals surface area (Å²) in [7, 11) is 0. The minimum Gasteiger partial charge on any atom is -0.381 e. The fraction of sp³-hybridized carbons (Fsp3) is 0.417. The minimum absolute atomic E-state index is 0.0730. The van der Waals surface area contributed by atoms with Crippen LogP contribution in [0.15, 0.2) is 22.7 Å². The molecule has 1 saturated carbocycles. The van der Waals surface area contributed by atoms with Crippen LogP contribution in [0.3, 0.4) is 0 Å². The van der Waals surface area contributed by atoms with Gasteiger partial charge in [-0.05, 0) is 53.4 Å². The van der Waals surface area contributed by atoms with Gasteiger partial charge in [0.05, 0.1) is 16.5 Å². The van der Waals surface area contributed by atoms with E-state index in [-0.39, 0.29) is 17.8 Å². The third kappa shape index (κ3) is 2.35. The van der Waals surface area contributed by atoms with E-state index in [1.165, 1.54) is 6.07 Å². The van der Waals surface area contributed by atoms with Crippen LogP contribution in [-0.4, -0.2) is 6.04 Å². The van der Waals surface area contributed by atoms with Crippen molar-refractivity contribution in [3.8, 4) is 6.07 Å². The van der Waals surface area contributed by atoms with Gasteiger partial charge in [-0.1, -0.05) is 0 Å². The molecule has 1 aliphatic rings. The molecule has 1 aromatic carbocycles. The van der Waals surface area contributed by atoms with E-state index in [4.69, 9.17) is 5.26 Å². The molecule has 2 nitrogen and oxygen atoms in total. The lowest BCUT2D eigenvalue weighted by Crippen LogP contribution is -2.22. The van der Waals surface area contributed by atoms with Crippen LogP contribution in [0.4, 0.5) is 10.1 Å². The van der Waals surface area contributed by atoms with E-state index < -0.39 is 0 Å². The molecule has 1 aliphatic carbocycles. The summed E-state index contributed by atoms with van der Waals surface area (Å²) in [4.78, 5) is 0. The summed E-state index contributed by atoms with van der Waals surface area (Å²) in [6, 6.07) is 7.34. The summed E-state index contributed by atoms with van der Waals surface area (Å²) in [5.41, 5.74) is 0.862. The fourth-order valence-electron chi connectivity index (χ4n) is 2.09. The monoisotopic (exact) mass is 282 g/mol. The number of benzene rings is 1. The summed E-state index contributed by atoms with van der Waals surface area (Å²) in [6.45, 7) is 0. The molecule has 0 bridgehead atoms. The van der Waals surface area contributed by atoms with Gasteiger partial charge in [0.1, 0.15) is 5.82 Å². The number of hydrogen-bond acceptors (Lipinski definition) is 2. The predicted octanol–water partition coefficient (Wildman–Crippen LogP) is 3.69. The number of hydrogen-bond donors (Lipinski definition) is 1. The van der Waals surface area contributed by atoms with Crippen LogP contribution in [0.5, 0.6) is 0 Å². The van der Waals surface area contributed by atoms with E-state index >= 15 is 0 Å². The Morgan fingerprint density at radius 3 is 2.94 bits per heavy atom. The zero-order chi connectivity index (χ0) is 11.5. The highest BCUT2D eigenvalue weighted by atomic mass is 79.9. The second-order valence-electron chi connectivity index (χ2n) is 4.05. The number of nitrogens with one attached hydrogen (secondary N) is 1. The lowest BCUT2D eigenvalue weighted by atomic mass is 10.1. The molecule has 0 heterocycles.